The van der Waals surface area contributed by atoms with Gasteiger partial charge < -0.3 is 9.47 Å². The second-order valence-corrected chi connectivity index (χ2v) is 8.95. The first-order valence-corrected chi connectivity index (χ1v) is 11.1. The molecule has 2 atom stereocenters. The van der Waals surface area contributed by atoms with Gasteiger partial charge in [-0.3, -0.25) is 19.5 Å². The number of nitrogens with zero attached hydrogens (tertiary/aromatic N) is 2. The minimum atomic E-state index is -0.924. The molecule has 2 bridgehead atoms. The van der Waals surface area contributed by atoms with Crippen molar-refractivity contribution < 1.29 is 19.1 Å². The van der Waals surface area contributed by atoms with Crippen molar-refractivity contribution in [1.29, 1.82) is 0 Å². The number of aromatic nitrogens is 1. The van der Waals surface area contributed by atoms with E-state index in [1.54, 1.807) is 26.6 Å². The van der Waals surface area contributed by atoms with Crippen LogP contribution in [0.1, 0.15) is 33.7 Å². The summed E-state index contributed by atoms with van der Waals surface area (Å²) in [5, 5.41) is 0. The Morgan fingerprint density at radius 2 is 1.55 bits per heavy atom. The molecular formula is C27H24N2O4. The first-order valence-electron chi connectivity index (χ1n) is 11.1. The van der Waals surface area contributed by atoms with Crippen LogP contribution < -0.4 is 0 Å². The molecule has 0 saturated carbocycles. The number of methoxy groups -OCH3 is 2. The van der Waals surface area contributed by atoms with Crippen molar-refractivity contribution in [2.75, 3.05) is 14.2 Å². The highest BCUT2D eigenvalue weighted by molar-refractivity contribution is 6.08. The van der Waals surface area contributed by atoms with Crippen LogP contribution >= 0.6 is 0 Å². The van der Waals surface area contributed by atoms with E-state index >= 15 is 0 Å². The van der Waals surface area contributed by atoms with Crippen LogP contribution in [0.2, 0.25) is 0 Å². The number of imide groups is 1. The Bertz CT molecular complexity index is 1210. The van der Waals surface area contributed by atoms with Gasteiger partial charge in [0.1, 0.15) is 0 Å². The highest BCUT2D eigenvalue weighted by atomic mass is 16.7. The third-order valence-electron chi connectivity index (χ3n) is 7.64. The van der Waals surface area contributed by atoms with E-state index in [1.807, 2.05) is 36.4 Å². The lowest BCUT2D eigenvalue weighted by Crippen LogP contribution is -2.60. The predicted molar refractivity (Wildman–Crippen MR) is 120 cm³/mol. The van der Waals surface area contributed by atoms with Gasteiger partial charge in [-0.15, -0.1) is 0 Å². The molecule has 2 amide bonds. The summed E-state index contributed by atoms with van der Waals surface area (Å²) in [6, 6.07) is 19.9. The molecule has 0 N–H and O–H groups in total. The van der Waals surface area contributed by atoms with Crippen molar-refractivity contribution >= 4 is 11.8 Å². The fourth-order valence-electron chi connectivity index (χ4n) is 6.59. The zero-order valence-electron chi connectivity index (χ0n) is 18.5. The molecule has 0 radical (unpaired) electrons. The molecule has 0 unspecified atom stereocenters. The third kappa shape index (κ3) is 2.48. The van der Waals surface area contributed by atoms with Crippen molar-refractivity contribution in [2.24, 2.45) is 11.8 Å². The summed E-state index contributed by atoms with van der Waals surface area (Å²) < 4.78 is 11.8. The van der Waals surface area contributed by atoms with E-state index in [-0.39, 0.29) is 24.3 Å². The number of likely N-dealkylation sites (tertiary alicyclic amines) is 1. The van der Waals surface area contributed by atoms with Gasteiger partial charge in [0.15, 0.2) is 6.29 Å². The van der Waals surface area contributed by atoms with Gasteiger partial charge in [-0.1, -0.05) is 54.6 Å². The monoisotopic (exact) mass is 440 g/mol. The lowest BCUT2D eigenvalue weighted by molar-refractivity contribution is -0.169. The molecule has 7 rings (SSSR count). The fourth-order valence-corrected chi connectivity index (χ4v) is 6.59. The van der Waals surface area contributed by atoms with E-state index in [0.717, 1.165) is 27.8 Å². The Morgan fingerprint density at radius 3 is 2.12 bits per heavy atom. The number of hydrogen-bond acceptors (Lipinski definition) is 5. The Labute approximate surface area is 192 Å². The van der Waals surface area contributed by atoms with Crippen LogP contribution in [0.4, 0.5) is 0 Å². The largest absolute Gasteiger partial charge is 0.355 e. The summed E-state index contributed by atoms with van der Waals surface area (Å²) in [5.41, 5.74) is 4.05. The summed E-state index contributed by atoms with van der Waals surface area (Å²) in [5.74, 6) is -1.62. The van der Waals surface area contributed by atoms with E-state index in [1.165, 1.54) is 4.90 Å². The highest BCUT2D eigenvalue weighted by Gasteiger charge is 2.70. The van der Waals surface area contributed by atoms with Gasteiger partial charge in [-0.05, 0) is 33.9 Å². The normalized spacial score (nSPS) is 27.0. The maximum absolute atomic E-state index is 14.1. The summed E-state index contributed by atoms with van der Waals surface area (Å²) in [7, 11) is 3.19. The minimum absolute atomic E-state index is 0.141. The predicted octanol–water partition coefficient (Wildman–Crippen LogP) is 3.25. The Hall–Kier alpha value is -3.35. The van der Waals surface area contributed by atoms with Crippen molar-refractivity contribution in [3.63, 3.8) is 0 Å². The van der Waals surface area contributed by atoms with Gasteiger partial charge in [-0.2, -0.15) is 0 Å². The number of pyridine rings is 1. The van der Waals surface area contributed by atoms with Crippen LogP contribution in [0.15, 0.2) is 73.1 Å². The molecule has 1 aromatic heterocycles. The zero-order chi connectivity index (χ0) is 22.7. The molecule has 1 fully saturated rings. The van der Waals surface area contributed by atoms with Crippen LogP contribution in [-0.2, 0) is 31.0 Å². The smallest absolute Gasteiger partial charge is 0.234 e. The van der Waals surface area contributed by atoms with Gasteiger partial charge in [0, 0.05) is 32.5 Å². The van der Waals surface area contributed by atoms with E-state index in [2.05, 4.69) is 29.2 Å². The van der Waals surface area contributed by atoms with Crippen LogP contribution in [-0.4, -0.2) is 42.2 Å². The van der Waals surface area contributed by atoms with Crippen molar-refractivity contribution in [3.8, 4) is 0 Å². The van der Waals surface area contributed by atoms with Crippen molar-refractivity contribution in [2.45, 2.75) is 24.2 Å². The molecule has 4 aliphatic rings. The van der Waals surface area contributed by atoms with E-state index in [9.17, 15) is 9.59 Å². The molecular weight excluding hydrogens is 416 g/mol. The molecule has 1 saturated heterocycles. The summed E-state index contributed by atoms with van der Waals surface area (Å²) in [4.78, 5) is 33.6. The highest BCUT2D eigenvalue weighted by Crippen LogP contribution is 2.65. The lowest BCUT2D eigenvalue weighted by atomic mass is 9.47. The summed E-state index contributed by atoms with van der Waals surface area (Å²) in [6.45, 7) is 0.207. The van der Waals surface area contributed by atoms with E-state index in [4.69, 9.17) is 9.47 Å². The van der Waals surface area contributed by atoms with Gasteiger partial charge in [-0.25, -0.2) is 0 Å². The first-order chi connectivity index (χ1) is 16.1. The number of carbonyl (C=O) groups is 2. The Balaban J connectivity index is 1.61. The van der Waals surface area contributed by atoms with Crippen molar-refractivity contribution in [1.82, 2.24) is 9.88 Å². The van der Waals surface area contributed by atoms with Crippen LogP contribution in [0.5, 0.6) is 0 Å². The topological polar surface area (TPSA) is 68.7 Å². The van der Waals surface area contributed by atoms with Gasteiger partial charge in [0.25, 0.3) is 0 Å². The number of amides is 2. The second kappa shape index (κ2) is 7.33. The number of hydrogen-bond donors (Lipinski definition) is 0. The van der Waals surface area contributed by atoms with Gasteiger partial charge >= 0.3 is 0 Å². The quantitative estimate of drug-likeness (QED) is 0.450. The van der Waals surface area contributed by atoms with E-state index in [0.29, 0.717) is 0 Å². The molecule has 6 heteroatoms. The van der Waals surface area contributed by atoms with Gasteiger partial charge in [0.05, 0.1) is 23.8 Å². The van der Waals surface area contributed by atoms with Crippen LogP contribution in [0.3, 0.4) is 0 Å². The molecule has 6 nitrogen and oxygen atoms in total. The SMILES string of the molecule is COC(OC)C12c3ccccc3C(c3ccccc31)[C@@H]1C(=O)N(Cc3cccnc3)C(=O)[C@H]12. The molecule has 0 spiro atoms. The maximum Gasteiger partial charge on any atom is 0.234 e. The zero-order valence-corrected chi connectivity index (χ0v) is 18.5. The molecule has 33 heavy (non-hydrogen) atoms. The minimum Gasteiger partial charge on any atom is -0.355 e. The number of carbonyl (C=O) groups excluding carboxylic acids is 2. The third-order valence-corrected chi connectivity index (χ3v) is 7.64. The summed E-state index contributed by atoms with van der Waals surface area (Å²) in [6.07, 6.45) is 2.65. The molecule has 2 heterocycles. The first kappa shape index (κ1) is 20.3. The van der Waals surface area contributed by atoms with E-state index < -0.39 is 23.5 Å². The van der Waals surface area contributed by atoms with Crippen LogP contribution in [0.25, 0.3) is 0 Å². The number of benzene rings is 2. The second-order valence-electron chi connectivity index (χ2n) is 8.95. The standard InChI is InChI=1S/C27H24N2O4/c1-32-26(33-2)27-19-11-5-3-9-17(19)21(18-10-4-6-12-20(18)27)22-23(27)25(31)29(24(22)30)15-16-8-7-13-28-14-16/h3-14,21-23,26H,15H2,1-2H3/t21?,22-,23-,27?/m0/s1. The maximum atomic E-state index is 14.1. The lowest BCUT2D eigenvalue weighted by Gasteiger charge is -2.56. The average molecular weight is 440 g/mol. The Morgan fingerprint density at radius 1 is 0.909 bits per heavy atom. The molecule has 2 aromatic carbocycles. The Kier molecular flexibility index (Phi) is 4.50. The average Bonchev–Trinajstić information content (AvgIpc) is 3.11. The molecule has 3 aliphatic carbocycles. The van der Waals surface area contributed by atoms with Crippen LogP contribution in [0, 0.1) is 11.8 Å². The number of ether oxygens (including phenoxy) is 2. The van der Waals surface area contributed by atoms with Crippen molar-refractivity contribution in [3.05, 3.63) is 101 Å². The fraction of sp³-hybridized carbons (Fsp3) is 0.296. The molecule has 166 valence electrons. The molecule has 3 aromatic rings. The number of rotatable bonds is 5. The molecule has 1 aliphatic heterocycles. The van der Waals surface area contributed by atoms with Gasteiger partial charge in [0.2, 0.25) is 11.8 Å². The summed E-state index contributed by atoms with van der Waals surface area (Å²) >= 11 is 0.